The van der Waals surface area contributed by atoms with Gasteiger partial charge in [0.25, 0.3) is 0 Å². The Morgan fingerprint density at radius 1 is 1.17 bits per heavy atom. The zero-order valence-electron chi connectivity index (χ0n) is 16.9. The number of carbonyl (C=O) groups is 1. The predicted octanol–water partition coefficient (Wildman–Crippen LogP) is 4.53. The fourth-order valence-electron chi connectivity index (χ4n) is 4.80. The molecular weight excluding hydrogens is 393 g/mol. The third-order valence-corrected chi connectivity index (χ3v) is 6.34. The first-order valence-corrected chi connectivity index (χ1v) is 10.2. The van der Waals surface area contributed by atoms with Crippen molar-refractivity contribution < 1.29 is 22.7 Å². The molecule has 0 bridgehead atoms. The summed E-state index contributed by atoms with van der Waals surface area (Å²) in [7, 11) is 0. The summed E-state index contributed by atoms with van der Waals surface area (Å²) in [5.74, 6) is -1.54. The second-order valence-corrected chi connectivity index (χ2v) is 8.50. The fraction of sp³-hybridized carbons (Fsp3) is 0.435. The SMILES string of the molecule is Cc1cc(NC(=O)CN2CC3CCCC3(COc3ccc(F)c(F)c3)C2)ccc1F. The van der Waals surface area contributed by atoms with Crippen molar-refractivity contribution in [2.24, 2.45) is 11.3 Å². The molecule has 4 nitrogen and oxygen atoms in total. The van der Waals surface area contributed by atoms with Gasteiger partial charge in [0.05, 0.1) is 13.2 Å². The number of nitrogens with zero attached hydrogens (tertiary/aromatic N) is 1. The lowest BCUT2D eigenvalue weighted by Crippen LogP contribution is -2.36. The quantitative estimate of drug-likeness (QED) is 0.749. The molecule has 7 heteroatoms. The van der Waals surface area contributed by atoms with Crippen LogP contribution in [0.2, 0.25) is 0 Å². The lowest BCUT2D eigenvalue weighted by atomic mass is 9.81. The third kappa shape index (κ3) is 4.31. The Bertz CT molecular complexity index is 952. The van der Waals surface area contributed by atoms with Gasteiger partial charge in [-0.3, -0.25) is 9.69 Å². The van der Waals surface area contributed by atoms with Crippen molar-refractivity contribution in [1.29, 1.82) is 0 Å². The first kappa shape index (κ1) is 20.7. The minimum atomic E-state index is -0.922. The molecule has 2 aromatic carbocycles. The number of anilines is 1. The summed E-state index contributed by atoms with van der Waals surface area (Å²) in [5, 5.41) is 2.83. The maximum Gasteiger partial charge on any atom is 0.238 e. The number of hydrogen-bond acceptors (Lipinski definition) is 3. The zero-order chi connectivity index (χ0) is 21.3. The van der Waals surface area contributed by atoms with E-state index in [0.717, 1.165) is 44.5 Å². The highest BCUT2D eigenvalue weighted by molar-refractivity contribution is 5.92. The van der Waals surface area contributed by atoms with E-state index >= 15 is 0 Å². The largest absolute Gasteiger partial charge is 0.493 e. The van der Waals surface area contributed by atoms with Crippen LogP contribution in [0.4, 0.5) is 18.9 Å². The number of fused-ring (bicyclic) bond motifs is 1. The van der Waals surface area contributed by atoms with E-state index in [-0.39, 0.29) is 23.7 Å². The van der Waals surface area contributed by atoms with Crippen LogP contribution in [0.25, 0.3) is 0 Å². The minimum Gasteiger partial charge on any atom is -0.493 e. The molecule has 1 heterocycles. The number of aryl methyl sites for hydroxylation is 1. The lowest BCUT2D eigenvalue weighted by molar-refractivity contribution is -0.117. The molecule has 1 saturated heterocycles. The Morgan fingerprint density at radius 3 is 2.73 bits per heavy atom. The van der Waals surface area contributed by atoms with Crippen LogP contribution < -0.4 is 10.1 Å². The molecule has 0 aromatic heterocycles. The van der Waals surface area contributed by atoms with Crippen LogP contribution in [-0.2, 0) is 4.79 Å². The number of hydrogen-bond donors (Lipinski definition) is 1. The number of nitrogens with one attached hydrogen (secondary N) is 1. The number of amides is 1. The summed E-state index contributed by atoms with van der Waals surface area (Å²) < 4.78 is 45.8. The Morgan fingerprint density at radius 2 is 1.97 bits per heavy atom. The Labute approximate surface area is 174 Å². The van der Waals surface area contributed by atoms with Gasteiger partial charge in [-0.15, -0.1) is 0 Å². The van der Waals surface area contributed by atoms with Crippen LogP contribution in [0.3, 0.4) is 0 Å². The Kier molecular flexibility index (Phi) is 5.73. The molecule has 0 radical (unpaired) electrons. The van der Waals surface area contributed by atoms with Crippen molar-refractivity contribution in [2.75, 3.05) is 31.6 Å². The van der Waals surface area contributed by atoms with Gasteiger partial charge >= 0.3 is 0 Å². The summed E-state index contributed by atoms with van der Waals surface area (Å²) in [6, 6.07) is 8.08. The van der Waals surface area contributed by atoms with Crippen LogP contribution in [-0.4, -0.2) is 37.0 Å². The molecular formula is C23H25F3N2O2. The van der Waals surface area contributed by atoms with Crippen LogP contribution in [0.1, 0.15) is 24.8 Å². The second-order valence-electron chi connectivity index (χ2n) is 8.50. The summed E-state index contributed by atoms with van der Waals surface area (Å²) in [4.78, 5) is 14.6. The van der Waals surface area contributed by atoms with Gasteiger partial charge in [0.15, 0.2) is 11.6 Å². The number of carbonyl (C=O) groups excluding carboxylic acids is 1. The Balaban J connectivity index is 1.36. The van der Waals surface area contributed by atoms with E-state index in [2.05, 4.69) is 10.2 Å². The van der Waals surface area contributed by atoms with E-state index in [4.69, 9.17) is 4.74 Å². The molecule has 1 amide bonds. The van der Waals surface area contributed by atoms with Crippen LogP contribution in [0, 0.1) is 35.7 Å². The average Bonchev–Trinajstić information content (AvgIpc) is 3.22. The molecule has 0 spiro atoms. The normalized spacial score (nSPS) is 23.4. The molecule has 1 aliphatic heterocycles. The number of rotatable bonds is 6. The van der Waals surface area contributed by atoms with Crippen LogP contribution >= 0.6 is 0 Å². The molecule has 2 fully saturated rings. The second kappa shape index (κ2) is 8.30. The van der Waals surface area contributed by atoms with Crippen molar-refractivity contribution >= 4 is 11.6 Å². The van der Waals surface area contributed by atoms with Gasteiger partial charge in [0, 0.05) is 30.3 Å². The number of halogens is 3. The smallest absolute Gasteiger partial charge is 0.238 e. The molecule has 2 aromatic rings. The molecule has 1 saturated carbocycles. The summed E-state index contributed by atoms with van der Waals surface area (Å²) in [6.45, 7) is 3.84. The standard InChI is InChI=1S/C23H25F3N2O2/c1-15-9-17(4-6-19(15)24)27-22(29)12-28-11-16-3-2-8-23(16,13-28)14-30-18-5-7-20(25)21(26)10-18/h4-7,9-10,16H,2-3,8,11-14H2,1H3,(H,27,29). The molecule has 4 rings (SSSR count). The van der Waals surface area contributed by atoms with E-state index in [9.17, 15) is 18.0 Å². The topological polar surface area (TPSA) is 41.6 Å². The molecule has 160 valence electrons. The zero-order valence-corrected chi connectivity index (χ0v) is 16.9. The van der Waals surface area contributed by atoms with Crippen molar-refractivity contribution in [3.63, 3.8) is 0 Å². The molecule has 2 atom stereocenters. The molecule has 1 N–H and O–H groups in total. The number of ether oxygens (including phenoxy) is 1. The molecule has 2 aliphatic rings. The minimum absolute atomic E-state index is 0.0857. The van der Waals surface area contributed by atoms with Gasteiger partial charge in [-0.2, -0.15) is 0 Å². The van der Waals surface area contributed by atoms with E-state index in [1.54, 1.807) is 19.1 Å². The Hall–Kier alpha value is -2.54. The highest BCUT2D eigenvalue weighted by atomic mass is 19.2. The molecule has 2 unspecified atom stereocenters. The summed E-state index contributed by atoms with van der Waals surface area (Å²) >= 11 is 0. The maximum absolute atomic E-state index is 13.4. The summed E-state index contributed by atoms with van der Waals surface area (Å²) in [5.41, 5.74) is 0.976. The fourth-order valence-corrected chi connectivity index (χ4v) is 4.80. The predicted molar refractivity (Wildman–Crippen MR) is 108 cm³/mol. The van der Waals surface area contributed by atoms with Crippen molar-refractivity contribution in [1.82, 2.24) is 4.90 Å². The van der Waals surface area contributed by atoms with Gasteiger partial charge in [0.1, 0.15) is 11.6 Å². The third-order valence-electron chi connectivity index (χ3n) is 6.34. The van der Waals surface area contributed by atoms with Gasteiger partial charge < -0.3 is 10.1 Å². The van der Waals surface area contributed by atoms with Gasteiger partial charge in [-0.1, -0.05) is 6.42 Å². The van der Waals surface area contributed by atoms with Gasteiger partial charge in [-0.25, -0.2) is 13.2 Å². The first-order valence-electron chi connectivity index (χ1n) is 10.2. The monoisotopic (exact) mass is 418 g/mol. The molecule has 1 aliphatic carbocycles. The van der Waals surface area contributed by atoms with Gasteiger partial charge in [0.2, 0.25) is 5.91 Å². The van der Waals surface area contributed by atoms with Crippen LogP contribution in [0.5, 0.6) is 5.75 Å². The van der Waals surface area contributed by atoms with Crippen molar-refractivity contribution in [3.8, 4) is 5.75 Å². The van der Waals surface area contributed by atoms with E-state index in [1.165, 1.54) is 12.1 Å². The number of likely N-dealkylation sites (tertiary alicyclic amines) is 1. The van der Waals surface area contributed by atoms with E-state index < -0.39 is 11.6 Å². The average molecular weight is 418 g/mol. The maximum atomic E-state index is 13.4. The molecule has 30 heavy (non-hydrogen) atoms. The summed E-state index contributed by atoms with van der Waals surface area (Å²) in [6.07, 6.45) is 3.15. The highest BCUT2D eigenvalue weighted by Crippen LogP contribution is 2.48. The van der Waals surface area contributed by atoms with E-state index in [0.29, 0.717) is 29.5 Å². The van der Waals surface area contributed by atoms with E-state index in [1.807, 2.05) is 0 Å². The lowest BCUT2D eigenvalue weighted by Gasteiger charge is -2.29. The number of benzene rings is 2. The van der Waals surface area contributed by atoms with Crippen molar-refractivity contribution in [3.05, 3.63) is 59.4 Å². The highest BCUT2D eigenvalue weighted by Gasteiger charge is 2.50. The van der Waals surface area contributed by atoms with Crippen molar-refractivity contribution in [2.45, 2.75) is 26.2 Å². The van der Waals surface area contributed by atoms with Gasteiger partial charge in [-0.05, 0) is 61.6 Å². The first-order chi connectivity index (χ1) is 14.3. The van der Waals surface area contributed by atoms with Crippen LogP contribution in [0.15, 0.2) is 36.4 Å².